The Morgan fingerprint density at radius 1 is 1.15 bits per heavy atom. The molecule has 7 heteroatoms. The number of methoxy groups -OCH3 is 1. The number of nitrogens with zero attached hydrogens (tertiary/aromatic N) is 3. The molecule has 3 rings (SSSR count). The van der Waals surface area contributed by atoms with Gasteiger partial charge in [0, 0.05) is 5.69 Å². The van der Waals surface area contributed by atoms with Crippen LogP contribution in [0, 0.1) is 6.92 Å². The molecule has 1 aromatic heterocycles. The van der Waals surface area contributed by atoms with E-state index < -0.39 is 6.10 Å². The van der Waals surface area contributed by atoms with E-state index >= 15 is 0 Å². The van der Waals surface area contributed by atoms with Crippen LogP contribution in [-0.2, 0) is 4.79 Å². The average molecular weight is 366 g/mol. The first kappa shape index (κ1) is 18.4. The van der Waals surface area contributed by atoms with Gasteiger partial charge < -0.3 is 14.8 Å². The van der Waals surface area contributed by atoms with Crippen LogP contribution in [0.5, 0.6) is 11.5 Å². The van der Waals surface area contributed by atoms with Crippen molar-refractivity contribution in [2.75, 3.05) is 12.4 Å². The molecule has 0 bridgehead atoms. The molecule has 1 heterocycles. The molecule has 1 amide bonds. The number of carbonyl (C=O) groups excluding carboxylic acids is 1. The Bertz CT molecular complexity index is 906. The number of amides is 1. The first-order valence-electron chi connectivity index (χ1n) is 8.70. The van der Waals surface area contributed by atoms with Crippen molar-refractivity contribution in [2.24, 2.45) is 0 Å². The first-order valence-corrected chi connectivity index (χ1v) is 8.70. The minimum Gasteiger partial charge on any atom is -0.493 e. The zero-order chi connectivity index (χ0) is 19.2. The van der Waals surface area contributed by atoms with E-state index in [1.54, 1.807) is 30.1 Å². The molecule has 140 valence electrons. The maximum absolute atomic E-state index is 12.6. The number of hydrogen-bond donors (Lipinski definition) is 1. The molecule has 0 radical (unpaired) electrons. The molecule has 1 N–H and O–H groups in total. The Morgan fingerprint density at radius 3 is 2.44 bits per heavy atom. The van der Waals surface area contributed by atoms with Crippen LogP contribution in [0.4, 0.5) is 5.69 Å². The third-order valence-corrected chi connectivity index (χ3v) is 4.10. The van der Waals surface area contributed by atoms with Crippen molar-refractivity contribution in [2.45, 2.75) is 26.4 Å². The third-order valence-electron chi connectivity index (χ3n) is 4.10. The second kappa shape index (κ2) is 8.35. The first-order chi connectivity index (χ1) is 13.1. The fourth-order valence-electron chi connectivity index (χ4n) is 2.64. The smallest absolute Gasteiger partial charge is 0.265 e. The largest absolute Gasteiger partial charge is 0.493 e. The Balaban J connectivity index is 1.68. The highest BCUT2D eigenvalue weighted by atomic mass is 16.5. The highest BCUT2D eigenvalue weighted by Crippen LogP contribution is 2.27. The van der Waals surface area contributed by atoms with Crippen LogP contribution in [0.2, 0.25) is 0 Å². The lowest BCUT2D eigenvalue weighted by Gasteiger charge is -2.19. The van der Waals surface area contributed by atoms with Crippen LogP contribution in [0.15, 0.2) is 54.7 Å². The molecule has 0 fully saturated rings. The number of ether oxygens (including phenoxy) is 2. The molecule has 2 aromatic carbocycles. The molecular weight excluding hydrogens is 344 g/mol. The highest BCUT2D eigenvalue weighted by Gasteiger charge is 2.20. The maximum atomic E-state index is 12.6. The van der Waals surface area contributed by atoms with Crippen molar-refractivity contribution >= 4 is 11.6 Å². The Labute approximate surface area is 157 Å². The van der Waals surface area contributed by atoms with Gasteiger partial charge in [-0.25, -0.2) is 4.68 Å². The molecule has 0 aliphatic rings. The summed E-state index contributed by atoms with van der Waals surface area (Å²) < 4.78 is 12.9. The summed E-state index contributed by atoms with van der Waals surface area (Å²) in [5, 5.41) is 10.8. The van der Waals surface area contributed by atoms with Gasteiger partial charge in [-0.2, -0.15) is 0 Å². The van der Waals surface area contributed by atoms with Gasteiger partial charge in [-0.15, -0.1) is 5.10 Å². The molecule has 0 aliphatic carbocycles. The maximum Gasteiger partial charge on any atom is 0.265 e. The molecule has 1 atom stereocenters. The van der Waals surface area contributed by atoms with Crippen molar-refractivity contribution in [1.29, 1.82) is 0 Å². The zero-order valence-electron chi connectivity index (χ0n) is 15.5. The van der Waals surface area contributed by atoms with Crippen LogP contribution >= 0.6 is 0 Å². The van der Waals surface area contributed by atoms with Gasteiger partial charge in [0.15, 0.2) is 17.6 Å². The second-order valence-corrected chi connectivity index (χ2v) is 5.99. The number of aromatic nitrogens is 3. The quantitative estimate of drug-likeness (QED) is 0.693. The van der Waals surface area contributed by atoms with Crippen molar-refractivity contribution in [3.05, 3.63) is 60.4 Å². The summed E-state index contributed by atoms with van der Waals surface area (Å²) in [5.74, 6) is 0.920. The molecule has 3 aromatic rings. The van der Waals surface area contributed by atoms with E-state index in [2.05, 4.69) is 15.6 Å². The fourth-order valence-corrected chi connectivity index (χ4v) is 2.64. The van der Waals surface area contributed by atoms with Gasteiger partial charge in [-0.05, 0) is 49.7 Å². The molecule has 0 aliphatic heterocycles. The number of para-hydroxylation sites is 2. The van der Waals surface area contributed by atoms with Crippen molar-refractivity contribution < 1.29 is 14.3 Å². The number of hydrogen-bond acceptors (Lipinski definition) is 5. The van der Waals surface area contributed by atoms with Crippen LogP contribution in [0.25, 0.3) is 5.69 Å². The van der Waals surface area contributed by atoms with E-state index in [0.717, 1.165) is 11.4 Å². The van der Waals surface area contributed by atoms with Gasteiger partial charge in [0.2, 0.25) is 0 Å². The van der Waals surface area contributed by atoms with Gasteiger partial charge in [-0.1, -0.05) is 24.3 Å². The summed E-state index contributed by atoms with van der Waals surface area (Å²) in [4.78, 5) is 12.6. The SMILES string of the molecule is CCC(Oc1ccccc1OC)C(=O)Nc1ccc(-n2nncc2C)cc1. The highest BCUT2D eigenvalue weighted by molar-refractivity contribution is 5.94. The lowest BCUT2D eigenvalue weighted by molar-refractivity contribution is -0.122. The number of carbonyl (C=O) groups is 1. The van der Waals surface area contributed by atoms with Crippen LogP contribution in [-0.4, -0.2) is 34.1 Å². The fraction of sp³-hybridized carbons (Fsp3) is 0.250. The number of nitrogens with one attached hydrogen (secondary N) is 1. The summed E-state index contributed by atoms with van der Waals surface area (Å²) in [6, 6.07) is 14.7. The summed E-state index contributed by atoms with van der Waals surface area (Å²) in [7, 11) is 1.57. The summed E-state index contributed by atoms with van der Waals surface area (Å²) in [5.41, 5.74) is 2.49. The van der Waals surface area contributed by atoms with Crippen LogP contribution in [0.3, 0.4) is 0 Å². The minimum absolute atomic E-state index is 0.215. The summed E-state index contributed by atoms with van der Waals surface area (Å²) >= 11 is 0. The van der Waals surface area contributed by atoms with E-state index in [0.29, 0.717) is 23.6 Å². The monoisotopic (exact) mass is 366 g/mol. The average Bonchev–Trinajstić information content (AvgIpc) is 3.12. The van der Waals surface area contributed by atoms with Gasteiger partial charge in [0.25, 0.3) is 5.91 Å². The number of aryl methyl sites for hydroxylation is 1. The Hall–Kier alpha value is -3.35. The van der Waals surface area contributed by atoms with Gasteiger partial charge >= 0.3 is 0 Å². The number of rotatable bonds is 7. The lowest BCUT2D eigenvalue weighted by atomic mass is 10.2. The predicted molar refractivity (Wildman–Crippen MR) is 102 cm³/mol. The second-order valence-electron chi connectivity index (χ2n) is 5.99. The molecule has 27 heavy (non-hydrogen) atoms. The van der Waals surface area contributed by atoms with E-state index in [4.69, 9.17) is 9.47 Å². The standard InChI is InChI=1S/C20H22N4O3/c1-4-17(27-19-8-6-5-7-18(19)26-3)20(25)22-15-9-11-16(12-10-15)24-14(2)13-21-23-24/h5-13,17H,4H2,1-3H3,(H,22,25). The van der Waals surface area contributed by atoms with E-state index in [1.807, 2.05) is 50.2 Å². The lowest BCUT2D eigenvalue weighted by Crippen LogP contribution is -2.32. The van der Waals surface area contributed by atoms with Crippen LogP contribution in [0.1, 0.15) is 19.0 Å². The molecule has 1 unspecified atom stereocenters. The van der Waals surface area contributed by atoms with Crippen molar-refractivity contribution in [3.63, 3.8) is 0 Å². The predicted octanol–water partition coefficient (Wildman–Crippen LogP) is 3.38. The van der Waals surface area contributed by atoms with E-state index in [-0.39, 0.29) is 5.91 Å². The number of anilines is 1. The third kappa shape index (κ3) is 4.25. The zero-order valence-corrected chi connectivity index (χ0v) is 15.5. The summed E-state index contributed by atoms with van der Waals surface area (Å²) in [6.07, 6.45) is 1.59. The van der Waals surface area contributed by atoms with Crippen LogP contribution < -0.4 is 14.8 Å². The van der Waals surface area contributed by atoms with E-state index in [9.17, 15) is 4.79 Å². The Kier molecular flexibility index (Phi) is 5.71. The van der Waals surface area contributed by atoms with E-state index in [1.165, 1.54) is 0 Å². The minimum atomic E-state index is -0.626. The normalized spacial score (nSPS) is 11.7. The molecule has 0 saturated heterocycles. The van der Waals surface area contributed by atoms with Crippen molar-refractivity contribution in [1.82, 2.24) is 15.0 Å². The molecule has 7 nitrogen and oxygen atoms in total. The molecule has 0 spiro atoms. The topological polar surface area (TPSA) is 78.3 Å². The Morgan fingerprint density at radius 2 is 1.85 bits per heavy atom. The molecule has 0 saturated carbocycles. The van der Waals surface area contributed by atoms with Crippen molar-refractivity contribution in [3.8, 4) is 17.2 Å². The number of benzene rings is 2. The summed E-state index contributed by atoms with van der Waals surface area (Å²) in [6.45, 7) is 3.83. The van der Waals surface area contributed by atoms with Gasteiger partial charge in [0.1, 0.15) is 0 Å². The van der Waals surface area contributed by atoms with Gasteiger partial charge in [-0.3, -0.25) is 4.79 Å². The van der Waals surface area contributed by atoms with Gasteiger partial charge in [0.05, 0.1) is 24.7 Å². The molecular formula is C20H22N4O3.